The lowest BCUT2D eigenvalue weighted by molar-refractivity contribution is -0.142. The van der Waals surface area contributed by atoms with Crippen LogP contribution in [0.4, 0.5) is 0 Å². The Balaban J connectivity index is 2.20. The van der Waals surface area contributed by atoms with Gasteiger partial charge in [-0.25, -0.2) is 0 Å². The van der Waals surface area contributed by atoms with Gasteiger partial charge in [-0.15, -0.1) is 0 Å². The Morgan fingerprint density at radius 1 is 1.14 bits per heavy atom. The number of carbonyl (C=O) groups is 1. The van der Waals surface area contributed by atoms with Gasteiger partial charge in [0.15, 0.2) is 0 Å². The van der Waals surface area contributed by atoms with Gasteiger partial charge >= 0.3 is 5.97 Å². The minimum absolute atomic E-state index is 0.282. The number of aryl methyl sites for hydroxylation is 1. The third-order valence-corrected chi connectivity index (χ3v) is 3.95. The van der Waals surface area contributed by atoms with E-state index < -0.39 is 0 Å². The summed E-state index contributed by atoms with van der Waals surface area (Å²) in [5, 5.41) is 1.04. The Bertz CT molecular complexity index is 611. The van der Waals surface area contributed by atoms with Crippen LogP contribution in [0.3, 0.4) is 0 Å². The number of methoxy groups -OCH3 is 1. The van der Waals surface area contributed by atoms with E-state index in [0.29, 0.717) is 16.5 Å². The quantitative estimate of drug-likeness (QED) is 0.733. The summed E-state index contributed by atoms with van der Waals surface area (Å²) in [5.74, 6) is -0.671. The number of hydrogen-bond acceptors (Lipinski definition) is 2. The van der Waals surface area contributed by atoms with Crippen LogP contribution in [0.15, 0.2) is 48.5 Å². The molecule has 0 heterocycles. The molecule has 1 atom stereocenters. The van der Waals surface area contributed by atoms with Crippen LogP contribution < -0.4 is 0 Å². The van der Waals surface area contributed by atoms with Gasteiger partial charge in [0, 0.05) is 10.0 Å². The lowest BCUT2D eigenvalue weighted by Crippen LogP contribution is -2.15. The van der Waals surface area contributed by atoms with Crippen molar-refractivity contribution in [1.29, 1.82) is 0 Å². The molecule has 0 aromatic heterocycles. The summed E-state index contributed by atoms with van der Waals surface area (Å²) in [6.07, 6.45) is 1.41. The largest absolute Gasteiger partial charge is 0.469 e. The summed E-state index contributed by atoms with van der Waals surface area (Å²) in [6.45, 7) is 0. The van der Waals surface area contributed by atoms with E-state index in [2.05, 4.69) is 0 Å². The summed E-state index contributed by atoms with van der Waals surface area (Å²) in [7, 11) is 1.39. The molecule has 110 valence electrons. The highest BCUT2D eigenvalue weighted by Gasteiger charge is 2.23. The SMILES string of the molecule is COC(=O)[C@@H](CCc1ccccc1)c1ccc(Cl)cc1Cl. The van der Waals surface area contributed by atoms with Gasteiger partial charge in [0.25, 0.3) is 0 Å². The highest BCUT2D eigenvalue weighted by Crippen LogP contribution is 2.31. The molecule has 0 aliphatic heterocycles. The zero-order valence-corrected chi connectivity index (χ0v) is 13.2. The van der Waals surface area contributed by atoms with E-state index in [9.17, 15) is 4.79 Å². The molecule has 0 saturated heterocycles. The van der Waals surface area contributed by atoms with Gasteiger partial charge in [-0.05, 0) is 36.1 Å². The van der Waals surface area contributed by atoms with Crippen molar-refractivity contribution >= 4 is 29.2 Å². The minimum atomic E-state index is -0.389. The maximum Gasteiger partial charge on any atom is 0.313 e. The Kier molecular flexibility index (Phi) is 5.66. The molecule has 0 aliphatic rings. The Labute approximate surface area is 134 Å². The number of carbonyl (C=O) groups excluding carboxylic acids is 1. The van der Waals surface area contributed by atoms with E-state index in [0.717, 1.165) is 12.0 Å². The monoisotopic (exact) mass is 322 g/mol. The molecule has 0 bridgehead atoms. The zero-order chi connectivity index (χ0) is 15.2. The van der Waals surface area contributed by atoms with Crippen molar-refractivity contribution in [2.75, 3.05) is 7.11 Å². The fourth-order valence-electron chi connectivity index (χ4n) is 2.28. The maximum absolute atomic E-state index is 12.1. The van der Waals surface area contributed by atoms with Gasteiger partial charge in [0.2, 0.25) is 0 Å². The molecule has 2 aromatic rings. The molecule has 2 rings (SSSR count). The first kappa shape index (κ1) is 15.9. The smallest absolute Gasteiger partial charge is 0.313 e. The third-order valence-electron chi connectivity index (χ3n) is 3.39. The number of halogens is 2. The Morgan fingerprint density at radius 3 is 2.48 bits per heavy atom. The Morgan fingerprint density at radius 2 is 1.86 bits per heavy atom. The highest BCUT2D eigenvalue weighted by atomic mass is 35.5. The predicted molar refractivity (Wildman–Crippen MR) is 86.0 cm³/mol. The Hall–Kier alpha value is -1.51. The lowest BCUT2D eigenvalue weighted by Gasteiger charge is -2.16. The van der Waals surface area contributed by atoms with E-state index in [4.69, 9.17) is 27.9 Å². The van der Waals surface area contributed by atoms with E-state index >= 15 is 0 Å². The van der Waals surface area contributed by atoms with Crippen molar-refractivity contribution in [2.45, 2.75) is 18.8 Å². The summed E-state index contributed by atoms with van der Waals surface area (Å²) in [5.41, 5.74) is 1.93. The number of hydrogen-bond donors (Lipinski definition) is 0. The van der Waals surface area contributed by atoms with Crippen LogP contribution in [0.5, 0.6) is 0 Å². The van der Waals surface area contributed by atoms with E-state index in [1.54, 1.807) is 18.2 Å². The molecular weight excluding hydrogens is 307 g/mol. The number of esters is 1. The van der Waals surface area contributed by atoms with E-state index in [1.165, 1.54) is 12.7 Å². The molecule has 21 heavy (non-hydrogen) atoms. The van der Waals surface area contributed by atoms with Gasteiger partial charge in [-0.3, -0.25) is 4.79 Å². The van der Waals surface area contributed by atoms with Crippen molar-refractivity contribution in [3.05, 3.63) is 69.7 Å². The fraction of sp³-hybridized carbons (Fsp3) is 0.235. The number of ether oxygens (including phenoxy) is 1. The highest BCUT2D eigenvalue weighted by molar-refractivity contribution is 6.35. The van der Waals surface area contributed by atoms with Crippen molar-refractivity contribution in [3.63, 3.8) is 0 Å². The molecule has 0 aliphatic carbocycles. The third kappa shape index (κ3) is 4.23. The summed E-state index contributed by atoms with van der Waals surface area (Å²) in [6, 6.07) is 15.2. The molecule has 0 saturated carbocycles. The molecule has 0 radical (unpaired) electrons. The average molecular weight is 323 g/mol. The van der Waals surface area contributed by atoms with Crippen LogP contribution >= 0.6 is 23.2 Å². The van der Waals surface area contributed by atoms with E-state index in [-0.39, 0.29) is 11.9 Å². The molecule has 0 N–H and O–H groups in total. The second kappa shape index (κ2) is 7.48. The predicted octanol–water partition coefficient (Wildman–Crippen LogP) is 4.88. The molecule has 2 nitrogen and oxygen atoms in total. The fourth-order valence-corrected chi connectivity index (χ4v) is 2.82. The van der Waals surface area contributed by atoms with Gasteiger partial charge < -0.3 is 4.74 Å². The van der Waals surface area contributed by atoms with Crippen LogP contribution in [-0.2, 0) is 16.0 Å². The topological polar surface area (TPSA) is 26.3 Å². The van der Waals surface area contributed by atoms with Crippen LogP contribution in [0.25, 0.3) is 0 Å². The average Bonchev–Trinajstić information content (AvgIpc) is 2.50. The lowest BCUT2D eigenvalue weighted by atomic mass is 9.92. The van der Waals surface area contributed by atoms with Gasteiger partial charge in [0.1, 0.15) is 0 Å². The first-order valence-corrected chi connectivity index (χ1v) is 7.44. The molecule has 2 aromatic carbocycles. The summed E-state index contributed by atoms with van der Waals surface area (Å²) >= 11 is 12.1. The first-order chi connectivity index (χ1) is 10.1. The summed E-state index contributed by atoms with van der Waals surface area (Å²) < 4.78 is 4.91. The minimum Gasteiger partial charge on any atom is -0.469 e. The van der Waals surface area contributed by atoms with Crippen LogP contribution in [0.1, 0.15) is 23.5 Å². The number of benzene rings is 2. The molecular formula is C17H16Cl2O2. The van der Waals surface area contributed by atoms with Gasteiger partial charge in [0.05, 0.1) is 13.0 Å². The van der Waals surface area contributed by atoms with Gasteiger partial charge in [-0.2, -0.15) is 0 Å². The van der Waals surface area contributed by atoms with Crippen LogP contribution in [-0.4, -0.2) is 13.1 Å². The van der Waals surface area contributed by atoms with Crippen LogP contribution in [0.2, 0.25) is 10.0 Å². The summed E-state index contributed by atoms with van der Waals surface area (Å²) in [4.78, 5) is 12.1. The maximum atomic E-state index is 12.1. The molecule has 0 spiro atoms. The van der Waals surface area contributed by atoms with E-state index in [1.807, 2.05) is 30.3 Å². The normalized spacial score (nSPS) is 12.0. The second-order valence-electron chi connectivity index (χ2n) is 4.77. The zero-order valence-electron chi connectivity index (χ0n) is 11.7. The van der Waals surface area contributed by atoms with Crippen molar-refractivity contribution in [3.8, 4) is 0 Å². The molecule has 4 heteroatoms. The molecule has 0 unspecified atom stereocenters. The standard InChI is InChI=1S/C17H16Cl2O2/c1-21-17(20)15(9-7-12-5-3-2-4-6-12)14-10-8-13(18)11-16(14)19/h2-6,8,10-11,15H,7,9H2,1H3/t15-/m0/s1. The molecule has 0 fully saturated rings. The van der Waals surface area contributed by atoms with Crippen molar-refractivity contribution < 1.29 is 9.53 Å². The second-order valence-corrected chi connectivity index (χ2v) is 5.61. The first-order valence-electron chi connectivity index (χ1n) is 6.68. The van der Waals surface area contributed by atoms with Crippen molar-refractivity contribution in [1.82, 2.24) is 0 Å². The number of rotatable bonds is 5. The molecule has 0 amide bonds. The van der Waals surface area contributed by atoms with Gasteiger partial charge in [-0.1, -0.05) is 59.6 Å². The van der Waals surface area contributed by atoms with Crippen molar-refractivity contribution in [2.24, 2.45) is 0 Å². The van der Waals surface area contributed by atoms with Crippen LogP contribution in [0, 0.1) is 0 Å².